The van der Waals surface area contributed by atoms with E-state index in [9.17, 15) is 4.79 Å². The summed E-state index contributed by atoms with van der Waals surface area (Å²) in [6.45, 7) is 6.52. The first kappa shape index (κ1) is 13.7. The first-order chi connectivity index (χ1) is 8.13. The molecule has 0 heterocycles. The second-order valence-electron chi connectivity index (χ2n) is 4.36. The van der Waals surface area contributed by atoms with Crippen LogP contribution in [0.3, 0.4) is 0 Å². The molecule has 0 radical (unpaired) electrons. The molecule has 0 saturated carbocycles. The third kappa shape index (κ3) is 5.00. The van der Waals surface area contributed by atoms with E-state index in [0.29, 0.717) is 18.9 Å². The third-order valence-corrected chi connectivity index (χ3v) is 2.48. The standard InChI is InChI=1S/C14H20O3/c1-4-5-14(15)17-16-10-12-6-8-13(9-7-12)11(2)3/h6-9,11H,4-5,10H2,1-3H3. The second kappa shape index (κ2) is 7.07. The van der Waals surface area contributed by atoms with Crippen molar-refractivity contribution in [2.45, 2.75) is 46.1 Å². The van der Waals surface area contributed by atoms with E-state index in [1.807, 2.05) is 19.1 Å². The van der Waals surface area contributed by atoms with Crippen LogP contribution in [0.2, 0.25) is 0 Å². The minimum atomic E-state index is -0.314. The molecule has 94 valence electrons. The summed E-state index contributed by atoms with van der Waals surface area (Å²) in [5, 5.41) is 0. The highest BCUT2D eigenvalue weighted by atomic mass is 17.2. The van der Waals surface area contributed by atoms with Gasteiger partial charge in [0.2, 0.25) is 0 Å². The summed E-state index contributed by atoms with van der Waals surface area (Å²) in [6, 6.07) is 8.11. The lowest BCUT2D eigenvalue weighted by molar-refractivity contribution is -0.280. The largest absolute Gasteiger partial charge is 0.342 e. The van der Waals surface area contributed by atoms with E-state index in [-0.39, 0.29) is 5.97 Å². The third-order valence-electron chi connectivity index (χ3n) is 2.48. The van der Waals surface area contributed by atoms with Crippen LogP contribution in [0.1, 0.15) is 50.7 Å². The van der Waals surface area contributed by atoms with Gasteiger partial charge in [0.05, 0.1) is 0 Å². The molecule has 1 aromatic rings. The highest BCUT2D eigenvalue weighted by Gasteiger charge is 2.03. The molecule has 3 nitrogen and oxygen atoms in total. The van der Waals surface area contributed by atoms with Gasteiger partial charge in [-0.1, -0.05) is 45.0 Å². The summed E-state index contributed by atoms with van der Waals surface area (Å²) >= 11 is 0. The van der Waals surface area contributed by atoms with Gasteiger partial charge in [0.15, 0.2) is 0 Å². The predicted molar refractivity (Wildman–Crippen MR) is 66.3 cm³/mol. The van der Waals surface area contributed by atoms with Gasteiger partial charge in [0, 0.05) is 6.42 Å². The lowest BCUT2D eigenvalue weighted by Crippen LogP contribution is -2.04. The molecule has 0 spiro atoms. The normalized spacial score (nSPS) is 10.6. The average molecular weight is 236 g/mol. The molecule has 0 aliphatic rings. The van der Waals surface area contributed by atoms with E-state index in [1.165, 1.54) is 5.56 Å². The maximum atomic E-state index is 11.0. The Morgan fingerprint density at radius 2 is 1.88 bits per heavy atom. The van der Waals surface area contributed by atoms with Crippen molar-refractivity contribution >= 4 is 5.97 Å². The molecule has 0 fully saturated rings. The average Bonchev–Trinajstić information content (AvgIpc) is 2.30. The second-order valence-corrected chi connectivity index (χ2v) is 4.36. The van der Waals surface area contributed by atoms with Crippen molar-refractivity contribution in [1.82, 2.24) is 0 Å². The maximum absolute atomic E-state index is 11.0. The van der Waals surface area contributed by atoms with Crippen molar-refractivity contribution in [1.29, 1.82) is 0 Å². The molecule has 0 saturated heterocycles. The van der Waals surface area contributed by atoms with Crippen LogP contribution in [0.15, 0.2) is 24.3 Å². The molecule has 17 heavy (non-hydrogen) atoms. The van der Waals surface area contributed by atoms with Crippen LogP contribution in [-0.2, 0) is 21.2 Å². The summed E-state index contributed by atoms with van der Waals surface area (Å²) in [4.78, 5) is 20.5. The summed E-state index contributed by atoms with van der Waals surface area (Å²) in [5.74, 6) is 0.207. The SMILES string of the molecule is CCCC(=O)OOCc1ccc(C(C)C)cc1. The van der Waals surface area contributed by atoms with Gasteiger partial charge in [0.1, 0.15) is 6.61 Å². The molecule has 1 rings (SSSR count). The Balaban J connectivity index is 2.35. The fourth-order valence-corrected chi connectivity index (χ4v) is 1.41. The van der Waals surface area contributed by atoms with Gasteiger partial charge >= 0.3 is 5.97 Å². The number of carbonyl (C=O) groups is 1. The van der Waals surface area contributed by atoms with Crippen LogP contribution in [0, 0.1) is 0 Å². The van der Waals surface area contributed by atoms with Crippen molar-refractivity contribution in [3.63, 3.8) is 0 Å². The number of hydrogen-bond acceptors (Lipinski definition) is 3. The Labute approximate surface area is 103 Å². The van der Waals surface area contributed by atoms with Crippen LogP contribution in [0.5, 0.6) is 0 Å². The lowest BCUT2D eigenvalue weighted by atomic mass is 10.0. The van der Waals surface area contributed by atoms with E-state index in [0.717, 1.165) is 12.0 Å². The van der Waals surface area contributed by atoms with Crippen LogP contribution in [0.25, 0.3) is 0 Å². The molecule has 0 bridgehead atoms. The number of benzene rings is 1. The minimum Gasteiger partial charge on any atom is -0.298 e. The van der Waals surface area contributed by atoms with Gasteiger partial charge in [0.25, 0.3) is 0 Å². The van der Waals surface area contributed by atoms with Gasteiger partial charge in [-0.2, -0.15) is 4.89 Å². The monoisotopic (exact) mass is 236 g/mol. The Hall–Kier alpha value is -1.35. The first-order valence-electron chi connectivity index (χ1n) is 6.04. The Morgan fingerprint density at radius 1 is 1.24 bits per heavy atom. The first-order valence-corrected chi connectivity index (χ1v) is 6.04. The molecule has 1 aromatic carbocycles. The smallest absolute Gasteiger partial charge is 0.298 e. The van der Waals surface area contributed by atoms with E-state index in [1.54, 1.807) is 0 Å². The molecule has 0 atom stereocenters. The van der Waals surface area contributed by atoms with Crippen LogP contribution in [-0.4, -0.2) is 5.97 Å². The summed E-state index contributed by atoms with van der Waals surface area (Å²) in [5.41, 5.74) is 2.29. The Bertz CT molecular complexity index is 341. The fourth-order valence-electron chi connectivity index (χ4n) is 1.41. The minimum absolute atomic E-state index is 0.299. The summed E-state index contributed by atoms with van der Waals surface area (Å²) in [7, 11) is 0. The van der Waals surface area contributed by atoms with Gasteiger partial charge in [-0.3, -0.25) is 4.89 Å². The molecule has 3 heteroatoms. The van der Waals surface area contributed by atoms with Crippen molar-refractivity contribution in [2.24, 2.45) is 0 Å². The molecule has 0 aliphatic carbocycles. The maximum Gasteiger partial charge on any atom is 0.342 e. The summed E-state index contributed by atoms with van der Waals surface area (Å²) in [6.07, 6.45) is 1.16. The quantitative estimate of drug-likeness (QED) is 0.559. The molecule has 0 amide bonds. The van der Waals surface area contributed by atoms with Gasteiger partial charge in [-0.15, -0.1) is 0 Å². The molecule has 0 unspecified atom stereocenters. The van der Waals surface area contributed by atoms with Crippen molar-refractivity contribution in [3.8, 4) is 0 Å². The van der Waals surface area contributed by atoms with Crippen LogP contribution in [0.4, 0.5) is 0 Å². The zero-order chi connectivity index (χ0) is 12.7. The highest BCUT2D eigenvalue weighted by molar-refractivity contribution is 5.68. The van der Waals surface area contributed by atoms with Gasteiger partial charge in [-0.25, -0.2) is 4.79 Å². The fraction of sp³-hybridized carbons (Fsp3) is 0.500. The van der Waals surface area contributed by atoms with Crippen molar-refractivity contribution in [3.05, 3.63) is 35.4 Å². The molecular weight excluding hydrogens is 216 g/mol. The zero-order valence-electron chi connectivity index (χ0n) is 10.7. The molecule has 0 N–H and O–H groups in total. The number of carbonyl (C=O) groups excluding carboxylic acids is 1. The van der Waals surface area contributed by atoms with Crippen molar-refractivity contribution < 1.29 is 14.6 Å². The van der Waals surface area contributed by atoms with Crippen molar-refractivity contribution in [2.75, 3.05) is 0 Å². The molecule has 0 aliphatic heterocycles. The Morgan fingerprint density at radius 3 is 2.41 bits per heavy atom. The van der Waals surface area contributed by atoms with E-state index in [4.69, 9.17) is 4.89 Å². The van der Waals surface area contributed by atoms with Crippen LogP contribution >= 0.6 is 0 Å². The predicted octanol–water partition coefficient (Wildman–Crippen LogP) is 3.58. The van der Waals surface area contributed by atoms with Gasteiger partial charge < -0.3 is 0 Å². The Kier molecular flexibility index (Phi) is 5.70. The number of hydrogen-bond donors (Lipinski definition) is 0. The summed E-state index contributed by atoms with van der Waals surface area (Å²) < 4.78 is 0. The lowest BCUT2D eigenvalue weighted by Gasteiger charge is -2.07. The van der Waals surface area contributed by atoms with E-state index >= 15 is 0 Å². The van der Waals surface area contributed by atoms with Gasteiger partial charge in [-0.05, 0) is 23.5 Å². The van der Waals surface area contributed by atoms with E-state index < -0.39 is 0 Å². The zero-order valence-corrected chi connectivity index (χ0v) is 10.7. The topological polar surface area (TPSA) is 35.5 Å². The molecule has 0 aromatic heterocycles. The molecular formula is C14H20O3. The number of rotatable bonds is 6. The highest BCUT2D eigenvalue weighted by Crippen LogP contribution is 2.15. The van der Waals surface area contributed by atoms with E-state index in [2.05, 4.69) is 30.9 Å². The van der Waals surface area contributed by atoms with Crippen LogP contribution < -0.4 is 0 Å².